The van der Waals surface area contributed by atoms with E-state index < -0.39 is 22.8 Å². The zero-order valence-corrected chi connectivity index (χ0v) is 10.3. The highest BCUT2D eigenvalue weighted by molar-refractivity contribution is 8.01. The lowest BCUT2D eigenvalue weighted by Crippen LogP contribution is -2.64. The van der Waals surface area contributed by atoms with Gasteiger partial charge in [0.1, 0.15) is 11.4 Å². The van der Waals surface area contributed by atoms with Crippen LogP contribution in [-0.4, -0.2) is 49.2 Å². The van der Waals surface area contributed by atoms with E-state index in [2.05, 4.69) is 22.4 Å². The number of carbonyl (C=O) groups is 2. The molecule has 0 aromatic carbocycles. The van der Waals surface area contributed by atoms with Crippen molar-refractivity contribution < 1.29 is 14.7 Å². The molecular formula is C9H10N2O3S2. The molecule has 2 saturated heterocycles. The first kappa shape index (κ1) is 11.6. The number of hydrogen-bond donors (Lipinski definition) is 1. The first-order valence-electron chi connectivity index (χ1n) is 4.70. The summed E-state index contributed by atoms with van der Waals surface area (Å²) >= 11 is 5.92. The molecule has 2 heterocycles. The van der Waals surface area contributed by atoms with Crippen LogP contribution in [-0.2, 0) is 9.59 Å². The maximum absolute atomic E-state index is 11.7. The number of thioether (sulfide) groups is 1. The minimum Gasteiger partial charge on any atom is -0.480 e. The van der Waals surface area contributed by atoms with Crippen molar-refractivity contribution in [3.8, 4) is 0 Å². The van der Waals surface area contributed by atoms with Gasteiger partial charge in [0.25, 0.3) is 5.91 Å². The lowest BCUT2D eigenvalue weighted by molar-refractivity contribution is -0.158. The molecule has 7 heteroatoms. The third-order valence-electron chi connectivity index (χ3n) is 2.84. The maximum Gasteiger partial charge on any atom is 0.327 e. The van der Waals surface area contributed by atoms with Gasteiger partial charge in [0, 0.05) is 4.75 Å². The Morgan fingerprint density at radius 2 is 2.31 bits per heavy atom. The van der Waals surface area contributed by atoms with Crippen LogP contribution in [0.5, 0.6) is 0 Å². The number of aliphatic imine (C=N–C) groups is 1. The molecule has 86 valence electrons. The molecule has 0 spiro atoms. The fourth-order valence-corrected chi connectivity index (χ4v) is 3.89. The fraction of sp³-hybridized carbons (Fsp3) is 0.667. The summed E-state index contributed by atoms with van der Waals surface area (Å²) in [6, 6.07) is -1.34. The van der Waals surface area contributed by atoms with Crippen molar-refractivity contribution in [1.29, 1.82) is 0 Å². The molecule has 1 amide bonds. The maximum atomic E-state index is 11.7. The Hall–Kier alpha value is -0.910. The Bertz CT molecular complexity index is 417. The second-order valence-electron chi connectivity index (χ2n) is 4.26. The van der Waals surface area contributed by atoms with Crippen molar-refractivity contribution in [2.24, 2.45) is 4.99 Å². The number of rotatable bonds is 2. The summed E-state index contributed by atoms with van der Waals surface area (Å²) in [5, 5.41) is 11.1. The highest BCUT2D eigenvalue weighted by Crippen LogP contribution is 2.51. The number of carboxylic acid groups (broad SMARTS) is 1. The third-order valence-corrected chi connectivity index (χ3v) is 4.50. The van der Waals surface area contributed by atoms with Gasteiger partial charge in [-0.3, -0.25) is 4.79 Å². The summed E-state index contributed by atoms with van der Waals surface area (Å²) in [5.41, 5.74) is 0. The van der Waals surface area contributed by atoms with E-state index in [-0.39, 0.29) is 11.3 Å². The Kier molecular flexibility index (Phi) is 2.57. The lowest BCUT2D eigenvalue weighted by atomic mass is 9.96. The Labute approximate surface area is 102 Å². The molecule has 5 nitrogen and oxygen atoms in total. The second kappa shape index (κ2) is 3.55. The van der Waals surface area contributed by atoms with Crippen LogP contribution in [0.2, 0.25) is 0 Å². The zero-order chi connectivity index (χ0) is 12.1. The number of carboxylic acids is 1. The van der Waals surface area contributed by atoms with Crippen molar-refractivity contribution in [2.45, 2.75) is 36.1 Å². The normalized spacial score (nSPS) is 35.0. The molecule has 0 aromatic heterocycles. The fourth-order valence-electron chi connectivity index (χ4n) is 2.17. The molecule has 16 heavy (non-hydrogen) atoms. The largest absolute Gasteiger partial charge is 0.480 e. The summed E-state index contributed by atoms with van der Waals surface area (Å²) in [7, 11) is 0. The molecule has 2 aliphatic rings. The summed E-state index contributed by atoms with van der Waals surface area (Å²) in [5.74, 6) is -1.24. The van der Waals surface area contributed by atoms with E-state index in [1.54, 1.807) is 0 Å². The van der Waals surface area contributed by atoms with Crippen LogP contribution in [0.25, 0.3) is 0 Å². The smallest absolute Gasteiger partial charge is 0.327 e. The third kappa shape index (κ3) is 1.39. The number of isothiocyanates is 1. The van der Waals surface area contributed by atoms with E-state index in [4.69, 9.17) is 5.11 Å². The number of fused-ring (bicyclic) bond motifs is 1. The highest BCUT2D eigenvalue weighted by atomic mass is 32.2. The highest BCUT2D eigenvalue weighted by Gasteiger charge is 2.64. The number of β-lactam (4-membered cyclic amide) rings is 1. The molecule has 3 atom stereocenters. The van der Waals surface area contributed by atoms with Gasteiger partial charge in [-0.2, -0.15) is 0 Å². The summed E-state index contributed by atoms with van der Waals surface area (Å²) in [4.78, 5) is 28.0. The predicted octanol–water partition coefficient (Wildman–Crippen LogP) is 0.605. The van der Waals surface area contributed by atoms with Crippen molar-refractivity contribution in [3.05, 3.63) is 0 Å². The number of nitrogens with zero attached hydrogens (tertiary/aromatic N) is 2. The SMILES string of the molecule is CC1(C)S[C@@H]2C(N=C=S)C(=O)N2[C@H]1C(=O)O. The standard InChI is InChI=1S/C9H10N2O3S2/c1-9(2)5(8(13)14)11-6(12)4(10-3-15)7(11)16-9/h4-5,7H,1-2H3,(H,13,14)/t4?,5-,7+/m0/s1. The molecule has 0 radical (unpaired) electrons. The second-order valence-corrected chi connectivity index (χ2v) is 6.22. The Balaban J connectivity index is 2.31. The minimum atomic E-state index is -0.974. The molecule has 0 aromatic rings. The van der Waals surface area contributed by atoms with E-state index in [0.717, 1.165) is 0 Å². The molecular weight excluding hydrogens is 248 g/mol. The van der Waals surface area contributed by atoms with E-state index >= 15 is 0 Å². The number of amides is 1. The quantitative estimate of drug-likeness (QED) is 0.446. The first-order chi connectivity index (χ1) is 7.40. The molecule has 1 unspecified atom stereocenters. The van der Waals surface area contributed by atoms with Gasteiger partial charge in [0.05, 0.1) is 5.16 Å². The van der Waals surface area contributed by atoms with E-state index in [1.165, 1.54) is 16.7 Å². The van der Waals surface area contributed by atoms with Gasteiger partial charge in [-0.05, 0) is 26.1 Å². The van der Waals surface area contributed by atoms with Crippen molar-refractivity contribution in [3.63, 3.8) is 0 Å². The number of thiocarbonyl (C=S) groups is 1. The molecule has 0 aliphatic carbocycles. The summed E-state index contributed by atoms with van der Waals surface area (Å²) in [6.07, 6.45) is 0. The van der Waals surface area contributed by atoms with Crippen LogP contribution < -0.4 is 0 Å². The Morgan fingerprint density at radius 3 is 2.81 bits per heavy atom. The number of hydrogen-bond acceptors (Lipinski definition) is 5. The molecule has 0 saturated carbocycles. The van der Waals surface area contributed by atoms with E-state index in [1.807, 2.05) is 13.8 Å². The lowest BCUT2D eigenvalue weighted by Gasteiger charge is -2.40. The van der Waals surface area contributed by atoms with E-state index in [9.17, 15) is 9.59 Å². The number of aliphatic carboxylic acids is 1. The predicted molar refractivity (Wildman–Crippen MR) is 62.5 cm³/mol. The monoisotopic (exact) mass is 258 g/mol. The van der Waals surface area contributed by atoms with Crippen molar-refractivity contribution in [1.82, 2.24) is 4.90 Å². The number of carbonyl (C=O) groups excluding carboxylic acids is 1. The topological polar surface area (TPSA) is 70.0 Å². The van der Waals surface area contributed by atoms with Crippen LogP contribution in [0.1, 0.15) is 13.8 Å². The van der Waals surface area contributed by atoms with Crippen LogP contribution in [0.3, 0.4) is 0 Å². The molecule has 1 N–H and O–H groups in total. The van der Waals surface area contributed by atoms with Gasteiger partial charge in [0.2, 0.25) is 0 Å². The minimum absolute atomic E-state index is 0.209. The summed E-state index contributed by atoms with van der Waals surface area (Å²) in [6.45, 7) is 3.64. The van der Waals surface area contributed by atoms with Gasteiger partial charge in [-0.1, -0.05) is 0 Å². The average molecular weight is 258 g/mol. The van der Waals surface area contributed by atoms with Gasteiger partial charge in [-0.25, -0.2) is 9.79 Å². The van der Waals surface area contributed by atoms with Crippen LogP contribution in [0.4, 0.5) is 0 Å². The molecule has 2 rings (SSSR count). The van der Waals surface area contributed by atoms with E-state index in [0.29, 0.717) is 0 Å². The summed E-state index contributed by atoms with van der Waals surface area (Å²) < 4.78 is -0.502. The molecule has 0 bridgehead atoms. The molecule has 2 aliphatic heterocycles. The van der Waals surface area contributed by atoms with Crippen molar-refractivity contribution in [2.75, 3.05) is 0 Å². The van der Waals surface area contributed by atoms with Crippen LogP contribution in [0.15, 0.2) is 4.99 Å². The molecule has 2 fully saturated rings. The van der Waals surface area contributed by atoms with Crippen LogP contribution >= 0.6 is 24.0 Å². The van der Waals surface area contributed by atoms with Gasteiger partial charge < -0.3 is 10.0 Å². The van der Waals surface area contributed by atoms with Gasteiger partial charge >= 0.3 is 5.97 Å². The first-order valence-corrected chi connectivity index (χ1v) is 5.98. The van der Waals surface area contributed by atoms with Crippen molar-refractivity contribution >= 4 is 41.0 Å². The van der Waals surface area contributed by atoms with Crippen LogP contribution in [0, 0.1) is 0 Å². The Morgan fingerprint density at radius 1 is 1.69 bits per heavy atom. The van der Waals surface area contributed by atoms with Gasteiger partial charge in [0.15, 0.2) is 6.04 Å². The van der Waals surface area contributed by atoms with Gasteiger partial charge in [-0.15, -0.1) is 11.8 Å². The average Bonchev–Trinajstić information content (AvgIpc) is 2.43. The zero-order valence-electron chi connectivity index (χ0n) is 8.71.